The van der Waals surface area contributed by atoms with Crippen LogP contribution in [0.25, 0.3) is 16.6 Å². The molecule has 2 aliphatic heterocycles. The highest BCUT2D eigenvalue weighted by atomic mass is 16.2. The van der Waals surface area contributed by atoms with Gasteiger partial charge in [0.2, 0.25) is 0 Å². The zero-order valence-corrected chi connectivity index (χ0v) is 14.6. The molecule has 0 unspecified atom stereocenters. The summed E-state index contributed by atoms with van der Waals surface area (Å²) >= 11 is 0. The van der Waals surface area contributed by atoms with Gasteiger partial charge in [0.15, 0.2) is 5.69 Å². The van der Waals surface area contributed by atoms with E-state index in [4.69, 9.17) is 0 Å². The van der Waals surface area contributed by atoms with E-state index in [0.717, 1.165) is 48.5 Å². The number of carbonyl (C=O) groups is 1. The number of likely N-dealkylation sites (tertiary alicyclic amines) is 1. The van der Waals surface area contributed by atoms with Gasteiger partial charge in [-0.1, -0.05) is 23.4 Å². The van der Waals surface area contributed by atoms with E-state index in [1.807, 2.05) is 42.2 Å². The molecule has 2 aromatic heterocycles. The molecule has 0 saturated carbocycles. The van der Waals surface area contributed by atoms with E-state index in [-0.39, 0.29) is 5.91 Å². The predicted molar refractivity (Wildman–Crippen MR) is 97.2 cm³/mol. The van der Waals surface area contributed by atoms with Crippen LogP contribution in [-0.2, 0) is 0 Å². The molecule has 4 heterocycles. The average molecular weight is 348 g/mol. The molecule has 0 aliphatic carbocycles. The molecule has 1 aromatic carbocycles. The average Bonchev–Trinajstić information content (AvgIpc) is 3.35. The van der Waals surface area contributed by atoms with Gasteiger partial charge in [-0.15, -0.1) is 5.10 Å². The number of benzene rings is 1. The number of aromatic nitrogens is 4. The quantitative estimate of drug-likeness (QED) is 0.758. The maximum atomic E-state index is 13.0. The van der Waals surface area contributed by atoms with Gasteiger partial charge in [0.05, 0.1) is 16.9 Å². The third kappa shape index (κ3) is 2.31. The number of hydrogen-bond acceptors (Lipinski definition) is 5. The molecule has 2 aliphatic rings. The topological polar surface area (TPSA) is 75.9 Å². The molecule has 7 heteroatoms. The van der Waals surface area contributed by atoms with Crippen molar-refractivity contribution in [3.8, 4) is 5.69 Å². The summed E-state index contributed by atoms with van der Waals surface area (Å²) in [4.78, 5) is 19.4. The first-order valence-electron chi connectivity index (χ1n) is 8.99. The molecule has 0 radical (unpaired) electrons. The molecule has 1 N–H and O–H groups in total. The van der Waals surface area contributed by atoms with E-state index < -0.39 is 0 Å². The lowest BCUT2D eigenvalue weighted by molar-refractivity contribution is 0.0775. The van der Waals surface area contributed by atoms with Crippen molar-refractivity contribution in [1.29, 1.82) is 0 Å². The Morgan fingerprint density at radius 1 is 1.15 bits per heavy atom. The van der Waals surface area contributed by atoms with E-state index in [0.29, 0.717) is 17.5 Å². The predicted octanol–water partition coefficient (Wildman–Crippen LogP) is 1.42. The van der Waals surface area contributed by atoms with Crippen LogP contribution < -0.4 is 5.32 Å². The minimum Gasteiger partial charge on any atom is -0.337 e. The first kappa shape index (κ1) is 15.5. The maximum absolute atomic E-state index is 13.0. The molecule has 2 saturated heterocycles. The molecular formula is C19H20N6O. The summed E-state index contributed by atoms with van der Waals surface area (Å²) in [5.41, 5.74) is 2.88. The van der Waals surface area contributed by atoms with E-state index in [1.165, 1.54) is 0 Å². The van der Waals surface area contributed by atoms with Gasteiger partial charge in [-0.05, 0) is 30.9 Å². The molecule has 132 valence electrons. The minimum atomic E-state index is -0.0173. The van der Waals surface area contributed by atoms with Gasteiger partial charge in [-0.2, -0.15) is 0 Å². The Balaban J connectivity index is 1.50. The number of pyridine rings is 1. The molecule has 0 spiro atoms. The van der Waals surface area contributed by atoms with E-state index in [1.54, 1.807) is 10.9 Å². The highest BCUT2D eigenvalue weighted by molar-refractivity contribution is 5.94. The van der Waals surface area contributed by atoms with Crippen LogP contribution in [0, 0.1) is 18.8 Å². The fourth-order valence-electron chi connectivity index (χ4n) is 4.19. The molecule has 0 bridgehead atoms. The molecule has 1 amide bonds. The summed E-state index contributed by atoms with van der Waals surface area (Å²) in [6.45, 7) is 5.51. The van der Waals surface area contributed by atoms with Crippen molar-refractivity contribution in [2.24, 2.45) is 11.8 Å². The van der Waals surface area contributed by atoms with E-state index in [2.05, 4.69) is 20.6 Å². The van der Waals surface area contributed by atoms with Crippen molar-refractivity contribution in [1.82, 2.24) is 30.2 Å². The molecule has 3 aromatic rings. The SMILES string of the molecule is Cc1c(C(=O)N2C[C@H]3CNC[C@H]3C2)nnn1-c1cccc2cccnc12. The Morgan fingerprint density at radius 3 is 2.73 bits per heavy atom. The number of fused-ring (bicyclic) bond motifs is 2. The third-order valence-electron chi connectivity index (χ3n) is 5.61. The van der Waals surface area contributed by atoms with Crippen LogP contribution in [0.15, 0.2) is 36.5 Å². The summed E-state index contributed by atoms with van der Waals surface area (Å²) in [5.74, 6) is 1.12. The number of nitrogens with zero attached hydrogens (tertiary/aromatic N) is 5. The van der Waals surface area contributed by atoms with Gasteiger partial charge < -0.3 is 10.2 Å². The first-order valence-corrected chi connectivity index (χ1v) is 8.99. The standard InChI is InChI=1S/C19H20N6O/c1-12-17(19(26)24-10-14-8-20-9-15(14)11-24)22-23-25(12)16-6-2-4-13-5-3-7-21-18(13)16/h2-7,14-15,20H,8-11H2,1H3/t14-,15+. The summed E-state index contributed by atoms with van der Waals surface area (Å²) < 4.78 is 1.72. The van der Waals surface area contributed by atoms with Crippen LogP contribution in [0.2, 0.25) is 0 Å². The van der Waals surface area contributed by atoms with Crippen LogP contribution in [0.4, 0.5) is 0 Å². The zero-order valence-electron chi connectivity index (χ0n) is 14.6. The van der Waals surface area contributed by atoms with Crippen LogP contribution in [0.3, 0.4) is 0 Å². The number of rotatable bonds is 2. The smallest absolute Gasteiger partial charge is 0.276 e. The number of carbonyl (C=O) groups excluding carboxylic acids is 1. The van der Waals surface area contributed by atoms with E-state index in [9.17, 15) is 4.79 Å². The minimum absolute atomic E-state index is 0.0173. The highest BCUT2D eigenvalue weighted by Gasteiger charge is 2.39. The second-order valence-electron chi connectivity index (χ2n) is 7.18. The lowest BCUT2D eigenvalue weighted by atomic mass is 10.0. The van der Waals surface area contributed by atoms with Crippen molar-refractivity contribution < 1.29 is 4.79 Å². The van der Waals surface area contributed by atoms with Crippen LogP contribution in [0.1, 0.15) is 16.2 Å². The van der Waals surface area contributed by atoms with Gasteiger partial charge >= 0.3 is 0 Å². The molecule has 2 fully saturated rings. The Bertz CT molecular complexity index is 979. The number of hydrogen-bond donors (Lipinski definition) is 1. The first-order chi connectivity index (χ1) is 12.7. The molecule has 26 heavy (non-hydrogen) atoms. The third-order valence-corrected chi connectivity index (χ3v) is 5.61. The second-order valence-corrected chi connectivity index (χ2v) is 7.18. The normalized spacial score (nSPS) is 22.1. The fourth-order valence-corrected chi connectivity index (χ4v) is 4.19. The van der Waals surface area contributed by atoms with Crippen molar-refractivity contribution in [2.75, 3.05) is 26.2 Å². The number of nitrogens with one attached hydrogen (secondary N) is 1. The molecular weight excluding hydrogens is 328 g/mol. The Kier molecular flexibility index (Phi) is 3.49. The van der Waals surface area contributed by atoms with Crippen LogP contribution >= 0.6 is 0 Å². The van der Waals surface area contributed by atoms with Crippen molar-refractivity contribution in [3.05, 3.63) is 47.9 Å². The van der Waals surface area contributed by atoms with Crippen molar-refractivity contribution in [2.45, 2.75) is 6.92 Å². The number of para-hydroxylation sites is 1. The lowest BCUT2D eigenvalue weighted by Crippen LogP contribution is -2.32. The van der Waals surface area contributed by atoms with Gasteiger partial charge in [-0.3, -0.25) is 9.78 Å². The zero-order chi connectivity index (χ0) is 17.7. The van der Waals surface area contributed by atoms with Gasteiger partial charge in [0.25, 0.3) is 5.91 Å². The van der Waals surface area contributed by atoms with Gasteiger partial charge in [-0.25, -0.2) is 4.68 Å². The molecule has 7 nitrogen and oxygen atoms in total. The lowest BCUT2D eigenvalue weighted by Gasteiger charge is -2.16. The highest BCUT2D eigenvalue weighted by Crippen LogP contribution is 2.28. The van der Waals surface area contributed by atoms with Crippen LogP contribution in [-0.4, -0.2) is 57.0 Å². The second kappa shape index (κ2) is 5.88. The maximum Gasteiger partial charge on any atom is 0.276 e. The van der Waals surface area contributed by atoms with Gasteiger partial charge in [0, 0.05) is 37.8 Å². The van der Waals surface area contributed by atoms with E-state index >= 15 is 0 Å². The Morgan fingerprint density at radius 2 is 1.92 bits per heavy atom. The number of amides is 1. The Labute approximate surface area is 151 Å². The monoisotopic (exact) mass is 348 g/mol. The summed E-state index contributed by atoms with van der Waals surface area (Å²) in [6.07, 6.45) is 1.77. The van der Waals surface area contributed by atoms with Crippen molar-refractivity contribution >= 4 is 16.8 Å². The molecule has 5 rings (SSSR count). The summed E-state index contributed by atoms with van der Waals surface area (Å²) in [5, 5.41) is 12.9. The fraction of sp³-hybridized carbons (Fsp3) is 0.368. The van der Waals surface area contributed by atoms with Crippen LogP contribution in [0.5, 0.6) is 0 Å². The summed E-state index contributed by atoms with van der Waals surface area (Å²) in [6, 6.07) is 9.87. The largest absolute Gasteiger partial charge is 0.337 e. The summed E-state index contributed by atoms with van der Waals surface area (Å²) in [7, 11) is 0. The van der Waals surface area contributed by atoms with Gasteiger partial charge in [0.1, 0.15) is 0 Å². The molecule has 2 atom stereocenters. The van der Waals surface area contributed by atoms with Crippen molar-refractivity contribution in [3.63, 3.8) is 0 Å². The Hall–Kier alpha value is -2.80.